The van der Waals surface area contributed by atoms with Crippen molar-refractivity contribution >= 4 is 0 Å². The van der Waals surface area contributed by atoms with E-state index in [4.69, 9.17) is 0 Å². The summed E-state index contributed by atoms with van der Waals surface area (Å²) in [5, 5.41) is 25.4. The lowest BCUT2D eigenvalue weighted by Gasteiger charge is -2.55. The van der Waals surface area contributed by atoms with Crippen LogP contribution in [0.3, 0.4) is 0 Å². The summed E-state index contributed by atoms with van der Waals surface area (Å²) in [5.41, 5.74) is 1.65. The number of rotatable bonds is 6. The van der Waals surface area contributed by atoms with E-state index in [2.05, 4.69) is 39.6 Å². The highest BCUT2D eigenvalue weighted by molar-refractivity contribution is 5.21. The van der Waals surface area contributed by atoms with Crippen LogP contribution in [0.2, 0.25) is 0 Å². The topological polar surface area (TPSA) is 52.5 Å². The molecule has 3 saturated carbocycles. The molecular formula is C24H43NO2. The Morgan fingerprint density at radius 2 is 1.85 bits per heavy atom. The minimum Gasteiger partial charge on any atom is -0.393 e. The van der Waals surface area contributed by atoms with Gasteiger partial charge < -0.3 is 15.5 Å². The Morgan fingerprint density at radius 3 is 2.56 bits per heavy atom. The fourth-order valence-electron chi connectivity index (χ4n) is 6.73. The summed E-state index contributed by atoms with van der Waals surface area (Å²) in [7, 11) is 0. The molecule has 3 N–H and O–H groups in total. The molecule has 3 aliphatic rings. The van der Waals surface area contributed by atoms with Crippen LogP contribution in [-0.4, -0.2) is 35.5 Å². The fraction of sp³-hybridized carbons (Fsp3) is 0.917. The van der Waals surface area contributed by atoms with Gasteiger partial charge in [0.2, 0.25) is 0 Å². The number of hydrogen-bond acceptors (Lipinski definition) is 3. The van der Waals surface area contributed by atoms with Crippen molar-refractivity contribution in [2.45, 2.75) is 91.3 Å². The quantitative estimate of drug-likeness (QED) is 0.471. The van der Waals surface area contributed by atoms with Crippen LogP contribution < -0.4 is 5.32 Å². The predicted octanol–water partition coefficient (Wildman–Crippen LogP) is 4.53. The molecule has 156 valence electrons. The monoisotopic (exact) mass is 377 g/mol. The number of allylic oxidation sites excluding steroid dienone is 1. The van der Waals surface area contributed by atoms with Crippen molar-refractivity contribution in [3.8, 4) is 0 Å². The van der Waals surface area contributed by atoms with Crippen molar-refractivity contribution in [3.05, 3.63) is 12.2 Å². The molecule has 0 aromatic heterocycles. The Balaban J connectivity index is 1.72. The molecule has 3 heteroatoms. The first-order valence-electron chi connectivity index (χ1n) is 11.4. The third kappa shape index (κ3) is 4.02. The number of aliphatic hydroxyl groups is 2. The van der Waals surface area contributed by atoms with Crippen molar-refractivity contribution in [1.29, 1.82) is 0 Å². The van der Waals surface area contributed by atoms with Gasteiger partial charge in [-0.1, -0.05) is 39.8 Å². The van der Waals surface area contributed by atoms with Crippen LogP contribution in [0.1, 0.15) is 79.1 Å². The molecule has 0 radical (unpaired) electrons. The van der Waals surface area contributed by atoms with Gasteiger partial charge in [0.05, 0.1) is 12.2 Å². The maximum absolute atomic E-state index is 11.4. The standard InChI is InChI=1S/C24H43NO2/c1-16(2)15-25-13-10-18-14-19(26)8-11-24(18,5)21-9-12-23(4)17(3)6-7-20(23)22(21)27/h16,18-22,25-27H,3,6-15H2,1-2,4-5H3. The molecule has 0 saturated heterocycles. The summed E-state index contributed by atoms with van der Waals surface area (Å²) < 4.78 is 0. The molecule has 3 nitrogen and oxygen atoms in total. The first kappa shape index (κ1) is 21.3. The lowest BCUT2D eigenvalue weighted by molar-refractivity contribution is -0.120. The maximum Gasteiger partial charge on any atom is 0.0610 e. The molecule has 7 atom stereocenters. The van der Waals surface area contributed by atoms with Crippen LogP contribution in [0.25, 0.3) is 0 Å². The average molecular weight is 378 g/mol. The Hall–Kier alpha value is -0.380. The zero-order valence-corrected chi connectivity index (χ0v) is 18.1. The smallest absolute Gasteiger partial charge is 0.0610 e. The van der Waals surface area contributed by atoms with Gasteiger partial charge in [-0.15, -0.1) is 0 Å². The second-order valence-electron chi connectivity index (χ2n) is 10.8. The van der Waals surface area contributed by atoms with Gasteiger partial charge >= 0.3 is 0 Å². The number of fused-ring (bicyclic) bond motifs is 1. The minimum atomic E-state index is -0.214. The zero-order chi connectivity index (χ0) is 19.8. The van der Waals surface area contributed by atoms with Crippen LogP contribution in [0.5, 0.6) is 0 Å². The molecule has 3 aliphatic carbocycles. The van der Waals surface area contributed by atoms with Gasteiger partial charge in [0.25, 0.3) is 0 Å². The molecule has 0 aromatic rings. The second kappa shape index (κ2) is 8.16. The van der Waals surface area contributed by atoms with E-state index in [1.165, 1.54) is 12.0 Å². The van der Waals surface area contributed by atoms with Crippen molar-refractivity contribution in [3.63, 3.8) is 0 Å². The van der Waals surface area contributed by atoms with Crippen molar-refractivity contribution < 1.29 is 10.2 Å². The van der Waals surface area contributed by atoms with Gasteiger partial charge in [-0.05, 0) is 99.0 Å². The Kier molecular flexibility index (Phi) is 6.45. The van der Waals surface area contributed by atoms with E-state index < -0.39 is 0 Å². The van der Waals surface area contributed by atoms with Gasteiger partial charge in [0.1, 0.15) is 0 Å². The van der Waals surface area contributed by atoms with E-state index in [-0.39, 0.29) is 23.0 Å². The lowest BCUT2D eigenvalue weighted by Crippen LogP contribution is -2.53. The summed E-state index contributed by atoms with van der Waals surface area (Å²) in [6, 6.07) is 0. The third-order valence-electron chi connectivity index (χ3n) is 8.76. The van der Waals surface area contributed by atoms with Crippen LogP contribution in [0, 0.1) is 34.5 Å². The van der Waals surface area contributed by atoms with Crippen LogP contribution in [-0.2, 0) is 0 Å². The summed E-state index contributed by atoms with van der Waals surface area (Å²) in [6.07, 6.45) is 8.05. The van der Waals surface area contributed by atoms with Gasteiger partial charge in [0, 0.05) is 0 Å². The molecule has 27 heavy (non-hydrogen) atoms. The molecule has 0 bridgehead atoms. The van der Waals surface area contributed by atoms with Crippen LogP contribution >= 0.6 is 0 Å². The highest BCUT2D eigenvalue weighted by Crippen LogP contribution is 2.61. The minimum absolute atomic E-state index is 0.142. The normalized spacial score (nSPS) is 45.3. The van der Waals surface area contributed by atoms with Gasteiger partial charge in [-0.25, -0.2) is 0 Å². The first-order valence-corrected chi connectivity index (χ1v) is 11.4. The van der Waals surface area contributed by atoms with E-state index in [9.17, 15) is 10.2 Å². The van der Waals surface area contributed by atoms with E-state index in [1.807, 2.05) is 0 Å². The van der Waals surface area contributed by atoms with Crippen molar-refractivity contribution in [2.75, 3.05) is 13.1 Å². The van der Waals surface area contributed by atoms with Crippen molar-refractivity contribution in [2.24, 2.45) is 34.5 Å². The average Bonchev–Trinajstić information content (AvgIpc) is 2.91. The molecule has 0 spiro atoms. The Bertz CT molecular complexity index is 532. The van der Waals surface area contributed by atoms with E-state index in [1.54, 1.807) is 0 Å². The molecule has 0 heterocycles. The van der Waals surface area contributed by atoms with Crippen LogP contribution in [0.15, 0.2) is 12.2 Å². The number of aliphatic hydroxyl groups excluding tert-OH is 2. The molecule has 3 rings (SSSR count). The second-order valence-corrected chi connectivity index (χ2v) is 10.8. The number of hydrogen-bond donors (Lipinski definition) is 3. The Labute approximate surface area is 167 Å². The molecule has 0 aromatic carbocycles. The highest BCUT2D eigenvalue weighted by atomic mass is 16.3. The zero-order valence-electron chi connectivity index (χ0n) is 18.1. The predicted molar refractivity (Wildman–Crippen MR) is 112 cm³/mol. The molecule has 0 amide bonds. The number of nitrogens with one attached hydrogen (secondary N) is 1. The Morgan fingerprint density at radius 1 is 1.11 bits per heavy atom. The van der Waals surface area contributed by atoms with Gasteiger partial charge in [0.15, 0.2) is 0 Å². The highest BCUT2D eigenvalue weighted by Gasteiger charge is 2.56. The summed E-state index contributed by atoms with van der Waals surface area (Å²) in [6.45, 7) is 15.7. The SMILES string of the molecule is C=C1CCC2C(O)C(C3(C)CCC(O)CC3CCNCC(C)C)CCC12C. The van der Waals surface area contributed by atoms with Gasteiger partial charge in [-0.2, -0.15) is 0 Å². The van der Waals surface area contributed by atoms with E-state index in [0.717, 1.165) is 58.0 Å². The maximum atomic E-state index is 11.4. The summed E-state index contributed by atoms with van der Waals surface area (Å²) in [4.78, 5) is 0. The molecular weight excluding hydrogens is 334 g/mol. The fourth-order valence-corrected chi connectivity index (χ4v) is 6.73. The third-order valence-corrected chi connectivity index (χ3v) is 8.76. The van der Waals surface area contributed by atoms with Gasteiger partial charge in [-0.3, -0.25) is 0 Å². The lowest BCUT2D eigenvalue weighted by atomic mass is 9.51. The van der Waals surface area contributed by atoms with Crippen molar-refractivity contribution in [1.82, 2.24) is 5.32 Å². The summed E-state index contributed by atoms with van der Waals surface area (Å²) in [5.74, 6) is 1.91. The largest absolute Gasteiger partial charge is 0.393 e. The molecule has 7 unspecified atom stereocenters. The van der Waals surface area contributed by atoms with Crippen LogP contribution in [0.4, 0.5) is 0 Å². The molecule has 0 aliphatic heterocycles. The summed E-state index contributed by atoms with van der Waals surface area (Å²) >= 11 is 0. The molecule has 3 fully saturated rings. The van der Waals surface area contributed by atoms with E-state index >= 15 is 0 Å². The van der Waals surface area contributed by atoms with E-state index in [0.29, 0.717) is 23.7 Å². The first-order chi connectivity index (χ1) is 12.7.